The van der Waals surface area contributed by atoms with Gasteiger partial charge in [0.05, 0.1) is 19.0 Å². The average Bonchev–Trinajstić information content (AvgIpc) is 1.58. The Kier molecular flexibility index (Phi) is 25.3. The van der Waals surface area contributed by atoms with Crippen molar-refractivity contribution in [3.05, 3.63) is 175 Å². The lowest BCUT2D eigenvalue weighted by molar-refractivity contribution is -0.171. The summed E-state index contributed by atoms with van der Waals surface area (Å²) in [6, 6.07) is 31.6. The van der Waals surface area contributed by atoms with Crippen LogP contribution in [0.5, 0.6) is 0 Å². The number of thiophene rings is 1. The van der Waals surface area contributed by atoms with Gasteiger partial charge in [-0.3, -0.25) is 44.0 Å². The van der Waals surface area contributed by atoms with Crippen molar-refractivity contribution < 1.29 is 101 Å². The molecule has 9 amide bonds. The number of anilines is 4. The molecule has 9 aliphatic heterocycles. The third-order valence-corrected chi connectivity index (χ3v) is 26.0. The number of para-hydroxylation sites is 1. The number of urea groups is 3. The summed E-state index contributed by atoms with van der Waals surface area (Å²) in [5.41, 5.74) is 5.03. The minimum Gasteiger partial charge on any atom is -0.480 e. The van der Waals surface area contributed by atoms with Crippen molar-refractivity contribution >= 4 is 132 Å². The summed E-state index contributed by atoms with van der Waals surface area (Å²) < 4.78 is 63.1. The number of ether oxygens (including phenoxy) is 9. The number of benzene rings is 4. The van der Waals surface area contributed by atoms with E-state index in [9.17, 15) is 58.5 Å². The SMILES string of the molecule is CCCCCCNC(=O)Nc1ncnc2c1ncn2C1OC(C(=O)N2CCCC2C(=O)O)C2OC(c3csc4ccccc34)OC21.O=C(Nc1ccccc1)Nc1ncnc2c1ncn2C1OC(C(=O)N2CCCC2C(=O)O)C2OC(c3ccccc3)OC21.O=C(Nc1ncnc2c1ncn2C1OC(C(=O)N2CCCC2C(=O)O)C2OC(c3ccccc3)OC21)NC1CCCC1. The number of carboxylic acids is 3. The number of rotatable bonds is 22. The van der Waals surface area contributed by atoms with Gasteiger partial charge in [-0.1, -0.05) is 136 Å². The molecule has 1 saturated carbocycles. The Morgan fingerprint density at radius 3 is 1.24 bits per heavy atom. The molecule has 42 nitrogen and oxygen atoms in total. The molecule has 131 heavy (non-hydrogen) atoms. The molecule has 7 aromatic heterocycles. The topological polar surface area (TPSA) is 510 Å². The van der Waals surface area contributed by atoms with E-state index in [2.05, 4.69) is 83.7 Å². The second-order valence-corrected chi connectivity index (χ2v) is 34.1. The van der Waals surface area contributed by atoms with E-state index in [1.807, 2.05) is 96.4 Å². The average molecular weight is 1810 g/mol. The molecule has 0 spiro atoms. The number of carboxylic acid groups (broad SMARTS) is 3. The molecule has 18 atom stereocenters. The Bertz CT molecular complexity index is 6070. The minimum atomic E-state index is -1.13. The normalized spacial score (nSPS) is 27.0. The molecule has 16 heterocycles. The zero-order valence-corrected chi connectivity index (χ0v) is 71.3. The number of nitrogens with zero attached hydrogens (tertiary/aromatic N) is 15. The molecule has 18 unspecified atom stereocenters. The number of hydrogen-bond donors (Lipinski definition) is 9. The van der Waals surface area contributed by atoms with E-state index in [1.165, 1.54) is 52.7 Å². The maximum Gasteiger partial charge on any atom is 0.326 e. The van der Waals surface area contributed by atoms with Crippen LogP contribution >= 0.6 is 11.3 Å². The lowest BCUT2D eigenvalue weighted by atomic mass is 10.1. The van der Waals surface area contributed by atoms with E-state index in [0.717, 1.165) is 78.1 Å². The molecule has 0 bridgehead atoms. The fourth-order valence-electron chi connectivity index (χ4n) is 18.7. The van der Waals surface area contributed by atoms with Crippen molar-refractivity contribution in [3.8, 4) is 0 Å². The first-order chi connectivity index (χ1) is 63.9. The summed E-state index contributed by atoms with van der Waals surface area (Å²) >= 11 is 1.57. The first-order valence-corrected chi connectivity index (χ1v) is 44.6. The maximum absolute atomic E-state index is 13.9. The monoisotopic (exact) mass is 1810 g/mol. The van der Waals surface area contributed by atoms with Gasteiger partial charge < -0.3 is 88.6 Å². The molecule has 682 valence electrons. The number of aliphatic carboxylic acids is 3. The molecule has 1 aliphatic carbocycles. The van der Waals surface area contributed by atoms with Gasteiger partial charge in [-0.2, -0.15) is 0 Å². The molecule has 21 rings (SSSR count). The number of hydrogen-bond acceptors (Lipinski definition) is 28. The third kappa shape index (κ3) is 17.6. The van der Waals surface area contributed by atoms with Crippen molar-refractivity contribution in [2.45, 2.75) is 213 Å². The summed E-state index contributed by atoms with van der Waals surface area (Å²) in [6.45, 7) is 3.61. The largest absolute Gasteiger partial charge is 0.480 e. The predicted octanol–water partition coefficient (Wildman–Crippen LogP) is 9.47. The van der Waals surface area contributed by atoms with Gasteiger partial charge in [-0.25, -0.2) is 73.6 Å². The highest BCUT2D eigenvalue weighted by atomic mass is 32.1. The van der Waals surface area contributed by atoms with Gasteiger partial charge in [-0.15, -0.1) is 11.3 Å². The standard InChI is InChI=1S/C31H35N7O7S.C29H27N7O7.C28H31N7O7/c1-2-3-4-7-12-32-31(42)36-25-21-26(34-15-33-25)38(16-35-21)28-24-22(23(43-28)27(39)37-13-8-10-19(37)29(40)41)44-30(45-24)18-14-46-20-11-6-5-9-17(18)20;37-25(35-13-7-12-18(35)27(38)39)21-20-22(43-28(42-20)16-8-3-1-4-9-16)26(41-21)36-15-32-19-23(30-14-31-24(19)36)34-29(40)33-17-10-5-2-6-11-17;36-24(34-12-6-11-17(34)26(37)38)20-19-21(42-27(41-19)15-7-2-1-3-8-15)25(40-20)35-14-31-18-22(29-13-30-23(18)35)33-28(39)32-16-9-4-5-10-16/h5-6,9,11,14-16,19,22-24,28,30H,2-4,7-8,10,12-13H2,1H3,(H,40,41)(H2,32,33,34,36,42);1-6,8-11,14-15,18,20-22,26,28H,7,12-13H2,(H,38,39)(H2,30,31,33,34,40);1-3,7-8,13-14,16-17,19-21,25,27H,4-6,9-12H2,(H,37,38)(H2,29,30,32,33,39). The van der Waals surface area contributed by atoms with Crippen LogP contribution in [-0.4, -0.2) is 248 Å². The number of nitrogens with one attached hydrogen (secondary N) is 6. The van der Waals surface area contributed by atoms with Gasteiger partial charge in [-0.05, 0) is 76.0 Å². The summed E-state index contributed by atoms with van der Waals surface area (Å²) in [7, 11) is 0. The first-order valence-electron chi connectivity index (χ1n) is 43.7. The minimum absolute atomic E-state index is 0.131. The molecule has 11 aromatic rings. The smallest absolute Gasteiger partial charge is 0.326 e. The molecule has 10 fully saturated rings. The highest BCUT2D eigenvalue weighted by Crippen LogP contribution is 2.51. The number of fused-ring (bicyclic) bond motifs is 7. The van der Waals surface area contributed by atoms with Crippen molar-refractivity contribution in [1.82, 2.24) is 83.9 Å². The van der Waals surface area contributed by atoms with Crippen LogP contribution in [0.25, 0.3) is 43.6 Å². The van der Waals surface area contributed by atoms with Gasteiger partial charge in [0.25, 0.3) is 17.7 Å². The maximum atomic E-state index is 13.9. The summed E-state index contributed by atoms with van der Waals surface area (Å²) in [5.74, 6) is -3.91. The van der Waals surface area contributed by atoms with Crippen LogP contribution < -0.4 is 31.9 Å². The molecule has 4 aromatic carbocycles. The quantitative estimate of drug-likeness (QED) is 0.0285. The van der Waals surface area contributed by atoms with E-state index in [1.54, 1.807) is 49.3 Å². The summed E-state index contributed by atoms with van der Waals surface area (Å²) in [4.78, 5) is 158. The summed E-state index contributed by atoms with van der Waals surface area (Å²) in [5, 5.41) is 48.9. The van der Waals surface area contributed by atoms with Gasteiger partial charge >= 0.3 is 36.0 Å². The fourth-order valence-corrected chi connectivity index (χ4v) is 19.7. The first kappa shape index (κ1) is 87.1. The molecular formula is C88H93N21O21S. The van der Waals surface area contributed by atoms with E-state index >= 15 is 0 Å². The van der Waals surface area contributed by atoms with E-state index < -0.39 is 158 Å². The molecular weight excluding hydrogens is 1720 g/mol. The van der Waals surface area contributed by atoms with Crippen LogP contribution in [0.3, 0.4) is 0 Å². The Morgan fingerprint density at radius 1 is 0.405 bits per heavy atom. The lowest BCUT2D eigenvalue weighted by Crippen LogP contribution is -2.49. The van der Waals surface area contributed by atoms with Gasteiger partial charge in [0.1, 0.15) is 73.7 Å². The van der Waals surface area contributed by atoms with E-state index in [-0.39, 0.29) is 29.5 Å². The van der Waals surface area contributed by atoms with E-state index in [4.69, 9.17) is 42.6 Å². The second kappa shape index (κ2) is 38.1. The Balaban J connectivity index is 0.000000127. The van der Waals surface area contributed by atoms with Crippen LogP contribution in [0.2, 0.25) is 0 Å². The van der Waals surface area contributed by atoms with Crippen LogP contribution in [0.4, 0.5) is 37.5 Å². The third-order valence-electron chi connectivity index (χ3n) is 25.0. The van der Waals surface area contributed by atoms with Gasteiger partial charge in [0.2, 0.25) is 0 Å². The zero-order chi connectivity index (χ0) is 90.1. The van der Waals surface area contributed by atoms with Crippen LogP contribution in [-0.2, 0) is 71.4 Å². The van der Waals surface area contributed by atoms with Crippen molar-refractivity contribution in [2.24, 2.45) is 0 Å². The molecule has 9 N–H and O–H groups in total. The Hall–Kier alpha value is -13.2. The number of carbonyl (C=O) groups excluding carboxylic acids is 6. The predicted molar refractivity (Wildman–Crippen MR) is 462 cm³/mol. The van der Waals surface area contributed by atoms with Crippen LogP contribution in [0.15, 0.2) is 159 Å². The van der Waals surface area contributed by atoms with Crippen LogP contribution in [0, 0.1) is 0 Å². The van der Waals surface area contributed by atoms with Crippen LogP contribution in [0.1, 0.15) is 151 Å². The highest BCUT2D eigenvalue weighted by Gasteiger charge is 2.62. The van der Waals surface area contributed by atoms with Gasteiger partial charge in [0.15, 0.2) is 107 Å². The van der Waals surface area contributed by atoms with Crippen molar-refractivity contribution in [3.63, 3.8) is 0 Å². The number of unbranched alkanes of at least 4 members (excludes halogenated alkanes) is 3. The van der Waals surface area contributed by atoms with E-state index in [0.29, 0.717) is 104 Å². The molecule has 10 aliphatic rings. The highest BCUT2D eigenvalue weighted by molar-refractivity contribution is 7.17. The number of aromatic nitrogens is 12. The zero-order valence-electron chi connectivity index (χ0n) is 70.5. The number of imidazole rings is 3. The Morgan fingerprint density at radius 2 is 0.802 bits per heavy atom. The number of carbonyl (C=O) groups is 9. The number of likely N-dealkylation sites (tertiary alicyclic amines) is 3. The molecule has 43 heteroatoms. The lowest BCUT2D eigenvalue weighted by Gasteiger charge is -2.27. The fraction of sp³-hybridized carbons (Fsp3) is 0.432. The Labute approximate surface area is 749 Å². The summed E-state index contributed by atoms with van der Waals surface area (Å²) in [6.07, 6.45) is 6.47. The number of amides is 9. The molecule has 9 saturated heterocycles. The van der Waals surface area contributed by atoms with Gasteiger partial charge in [0, 0.05) is 70.1 Å². The molecule has 0 radical (unpaired) electrons. The van der Waals surface area contributed by atoms with Crippen molar-refractivity contribution in [1.29, 1.82) is 0 Å². The second-order valence-electron chi connectivity index (χ2n) is 33.1. The van der Waals surface area contributed by atoms with Crippen molar-refractivity contribution in [2.75, 3.05) is 47.4 Å².